The van der Waals surface area contributed by atoms with Gasteiger partial charge in [-0.3, -0.25) is 14.4 Å². The number of benzene rings is 2. The predicted octanol–water partition coefficient (Wildman–Crippen LogP) is 2.89. The Hall–Kier alpha value is -3.53. The monoisotopic (exact) mass is 486 g/mol. The van der Waals surface area contributed by atoms with Crippen LogP contribution in [0.2, 0.25) is 0 Å². The predicted molar refractivity (Wildman–Crippen MR) is 128 cm³/mol. The second-order valence-electron chi connectivity index (χ2n) is 8.22. The minimum absolute atomic E-state index is 0.107. The van der Waals surface area contributed by atoms with E-state index in [0.717, 1.165) is 5.56 Å². The van der Waals surface area contributed by atoms with Crippen molar-refractivity contribution in [2.24, 2.45) is 0 Å². The third-order valence-electron chi connectivity index (χ3n) is 4.33. The Morgan fingerprint density at radius 1 is 0.629 bits per heavy atom. The van der Waals surface area contributed by atoms with Crippen LogP contribution in [0.4, 0.5) is 0 Å². The normalized spacial score (nSPS) is 13.7. The van der Waals surface area contributed by atoms with E-state index in [1.54, 1.807) is 48.6 Å². The third kappa shape index (κ3) is 11.0. The molecule has 9 heteroatoms. The highest BCUT2D eigenvalue weighted by Gasteiger charge is 2.13. The van der Waals surface area contributed by atoms with E-state index in [0.29, 0.717) is 11.3 Å². The molecule has 3 unspecified atom stereocenters. The fourth-order valence-corrected chi connectivity index (χ4v) is 2.89. The number of ether oxygens (including phenoxy) is 3. The molecule has 0 aromatic heterocycles. The van der Waals surface area contributed by atoms with Crippen molar-refractivity contribution in [1.82, 2.24) is 0 Å². The van der Waals surface area contributed by atoms with E-state index < -0.39 is 36.2 Å². The average molecular weight is 487 g/mol. The molecular formula is C26H30O9. The Bertz CT molecular complexity index is 995. The molecule has 0 aliphatic carbocycles. The smallest absolute Gasteiger partial charge is 0.313 e. The maximum Gasteiger partial charge on any atom is 0.313 e. The first-order valence-corrected chi connectivity index (χ1v) is 11.1. The summed E-state index contributed by atoms with van der Waals surface area (Å²) in [5.41, 5.74) is 1.32. The van der Waals surface area contributed by atoms with Gasteiger partial charge in [-0.1, -0.05) is 24.3 Å². The zero-order valence-electron chi connectivity index (χ0n) is 19.8. The molecule has 2 rings (SSSR count). The van der Waals surface area contributed by atoms with Gasteiger partial charge in [-0.25, -0.2) is 0 Å². The molecule has 9 nitrogen and oxygen atoms in total. The van der Waals surface area contributed by atoms with Gasteiger partial charge in [0.05, 0.1) is 37.6 Å². The number of carbonyl (C=O) groups excluding carboxylic acids is 3. The quantitative estimate of drug-likeness (QED) is 0.248. The molecule has 2 aromatic rings. The third-order valence-corrected chi connectivity index (χ3v) is 4.33. The van der Waals surface area contributed by atoms with Crippen LogP contribution in [0.15, 0.2) is 42.5 Å². The van der Waals surface area contributed by atoms with E-state index in [2.05, 4.69) is 0 Å². The van der Waals surface area contributed by atoms with Gasteiger partial charge in [-0.2, -0.15) is 0 Å². The molecule has 0 fully saturated rings. The number of rotatable bonds is 11. The van der Waals surface area contributed by atoms with Crippen LogP contribution >= 0.6 is 0 Å². The summed E-state index contributed by atoms with van der Waals surface area (Å²) in [7, 11) is 0. The lowest BCUT2D eigenvalue weighted by atomic mass is 10.1. The second-order valence-corrected chi connectivity index (χ2v) is 8.22. The summed E-state index contributed by atoms with van der Waals surface area (Å²) in [6, 6.07) is 11.2. The molecule has 0 amide bonds. The number of aliphatic hydroxyl groups excluding tert-OH is 3. The highest BCUT2D eigenvalue weighted by molar-refractivity contribution is 5.77. The molecule has 0 saturated carbocycles. The maximum atomic E-state index is 12.0. The molecule has 2 aromatic carbocycles. The molecule has 0 radical (unpaired) electrons. The Morgan fingerprint density at radius 2 is 1.00 bits per heavy atom. The molecule has 0 saturated heterocycles. The minimum Gasteiger partial charge on any atom is -0.426 e. The van der Waals surface area contributed by atoms with E-state index in [1.165, 1.54) is 26.8 Å². The van der Waals surface area contributed by atoms with Crippen molar-refractivity contribution in [2.45, 2.75) is 58.3 Å². The summed E-state index contributed by atoms with van der Waals surface area (Å²) in [5.74, 6) is -1.25. The Kier molecular flexibility index (Phi) is 10.6. The number of hydrogen-bond acceptors (Lipinski definition) is 9. The summed E-state index contributed by atoms with van der Waals surface area (Å²) in [4.78, 5) is 35.6. The van der Waals surface area contributed by atoms with Crippen molar-refractivity contribution < 1.29 is 43.9 Å². The molecule has 0 aliphatic heterocycles. The van der Waals surface area contributed by atoms with Gasteiger partial charge >= 0.3 is 17.9 Å². The number of hydrogen-bond donors (Lipinski definition) is 3. The first-order valence-electron chi connectivity index (χ1n) is 11.1. The summed E-state index contributed by atoms with van der Waals surface area (Å²) < 4.78 is 15.7. The highest BCUT2D eigenvalue weighted by atomic mass is 16.5. The average Bonchev–Trinajstić information content (AvgIpc) is 2.71. The van der Waals surface area contributed by atoms with Crippen LogP contribution in [0, 0.1) is 0 Å². The van der Waals surface area contributed by atoms with Gasteiger partial charge < -0.3 is 29.5 Å². The first-order chi connectivity index (χ1) is 16.5. The summed E-state index contributed by atoms with van der Waals surface area (Å²) >= 11 is 0. The highest BCUT2D eigenvalue weighted by Crippen LogP contribution is 2.26. The second kappa shape index (κ2) is 13.4. The van der Waals surface area contributed by atoms with Crippen LogP contribution in [-0.4, -0.2) is 51.5 Å². The molecule has 188 valence electrons. The largest absolute Gasteiger partial charge is 0.426 e. The lowest BCUT2D eigenvalue weighted by Crippen LogP contribution is -2.16. The molecule has 3 N–H and O–H groups in total. The van der Waals surface area contributed by atoms with Gasteiger partial charge in [0.15, 0.2) is 0 Å². The fourth-order valence-electron chi connectivity index (χ4n) is 2.89. The zero-order chi connectivity index (χ0) is 26.0. The summed E-state index contributed by atoms with van der Waals surface area (Å²) in [6.45, 7) is 4.42. The fraction of sp³-hybridized carbons (Fsp3) is 0.346. The van der Waals surface area contributed by atoms with Crippen LogP contribution in [0.25, 0.3) is 12.2 Å². The lowest BCUT2D eigenvalue weighted by molar-refractivity contribution is -0.137. The van der Waals surface area contributed by atoms with E-state index in [4.69, 9.17) is 14.2 Å². The van der Waals surface area contributed by atoms with E-state index in [1.807, 2.05) is 0 Å². The molecule has 35 heavy (non-hydrogen) atoms. The topological polar surface area (TPSA) is 140 Å². The van der Waals surface area contributed by atoms with Crippen LogP contribution in [-0.2, 0) is 14.4 Å². The lowest BCUT2D eigenvalue weighted by Gasteiger charge is -2.11. The van der Waals surface area contributed by atoms with Crippen molar-refractivity contribution in [2.75, 3.05) is 0 Å². The van der Waals surface area contributed by atoms with Crippen molar-refractivity contribution in [3.8, 4) is 17.2 Å². The van der Waals surface area contributed by atoms with Crippen molar-refractivity contribution >= 4 is 30.1 Å². The summed E-state index contributed by atoms with van der Waals surface area (Å²) in [5, 5.41) is 28.0. The Labute approximate surface area is 203 Å². The van der Waals surface area contributed by atoms with E-state index in [-0.39, 0.29) is 30.8 Å². The minimum atomic E-state index is -0.872. The molecule has 0 spiro atoms. The van der Waals surface area contributed by atoms with Gasteiger partial charge in [0, 0.05) is 6.07 Å². The molecular weight excluding hydrogens is 456 g/mol. The van der Waals surface area contributed by atoms with Gasteiger partial charge in [0.1, 0.15) is 17.2 Å². The van der Waals surface area contributed by atoms with Crippen LogP contribution in [0.3, 0.4) is 0 Å². The van der Waals surface area contributed by atoms with Crippen molar-refractivity contribution in [3.05, 3.63) is 53.6 Å². The number of esters is 3. The number of carbonyl (C=O) groups is 3. The molecule has 3 atom stereocenters. The van der Waals surface area contributed by atoms with Crippen LogP contribution < -0.4 is 14.2 Å². The summed E-state index contributed by atoms with van der Waals surface area (Å²) in [6.07, 6.45) is 0.404. The first kappa shape index (κ1) is 27.7. The zero-order valence-corrected chi connectivity index (χ0v) is 19.8. The van der Waals surface area contributed by atoms with E-state index >= 15 is 0 Å². The number of aliphatic hydroxyl groups is 3. The van der Waals surface area contributed by atoms with Crippen molar-refractivity contribution in [3.63, 3.8) is 0 Å². The SMILES string of the molecule is CC(O)CC(=O)Oc1ccc(/C=C/c2cc(OC(=O)CC(C)O)cc(OC(=O)CC(C)O)c2)cc1. The Balaban J connectivity index is 2.19. The van der Waals surface area contributed by atoms with Crippen LogP contribution in [0.5, 0.6) is 17.2 Å². The van der Waals surface area contributed by atoms with Gasteiger partial charge in [-0.15, -0.1) is 0 Å². The van der Waals surface area contributed by atoms with Gasteiger partial charge in [0.2, 0.25) is 0 Å². The van der Waals surface area contributed by atoms with E-state index in [9.17, 15) is 29.7 Å². The molecule has 0 bridgehead atoms. The Morgan fingerprint density at radius 3 is 1.40 bits per heavy atom. The van der Waals surface area contributed by atoms with Gasteiger partial charge in [0.25, 0.3) is 0 Å². The standard InChI is InChI=1S/C26H30O9/c1-16(27)10-24(30)33-21-8-6-19(7-9-21)4-5-20-13-22(34-25(31)11-17(2)28)15-23(14-20)35-26(32)12-18(3)29/h4-9,13-18,27-29H,10-12H2,1-3H3/b5-4+. The van der Waals surface area contributed by atoms with Crippen molar-refractivity contribution in [1.29, 1.82) is 0 Å². The molecule has 0 aliphatic rings. The molecule has 0 heterocycles. The van der Waals surface area contributed by atoms with Gasteiger partial charge in [-0.05, 0) is 56.2 Å². The van der Waals surface area contributed by atoms with Crippen LogP contribution in [0.1, 0.15) is 51.2 Å². The maximum absolute atomic E-state index is 12.0.